The first-order valence-corrected chi connectivity index (χ1v) is 12.2. The molecule has 10 heteroatoms. The Morgan fingerprint density at radius 3 is 2.75 bits per heavy atom. The molecule has 1 aromatic carbocycles. The number of unbranched alkanes of at least 4 members (excludes halogenated alkanes) is 1. The topological polar surface area (TPSA) is 91.8 Å². The number of carbonyl (C=O) groups excluding carboxylic acids is 3. The first-order chi connectivity index (χ1) is 15.4. The minimum absolute atomic E-state index is 0.114. The quantitative estimate of drug-likeness (QED) is 0.441. The Morgan fingerprint density at radius 2 is 2.03 bits per heavy atom. The Kier molecular flexibility index (Phi) is 8.90. The van der Waals surface area contributed by atoms with E-state index in [1.54, 1.807) is 25.1 Å². The summed E-state index contributed by atoms with van der Waals surface area (Å²) in [6.45, 7) is 4.37. The van der Waals surface area contributed by atoms with Crippen molar-refractivity contribution in [2.24, 2.45) is 0 Å². The number of fused-ring (bicyclic) bond motifs is 1. The lowest BCUT2D eigenvalue weighted by molar-refractivity contribution is -0.133. The fourth-order valence-corrected chi connectivity index (χ4v) is 4.91. The number of aromatic nitrogens is 1. The Morgan fingerprint density at radius 1 is 1.25 bits per heavy atom. The molecule has 1 fully saturated rings. The van der Waals surface area contributed by atoms with Crippen LogP contribution < -0.4 is 10.1 Å². The van der Waals surface area contributed by atoms with Crippen LogP contribution in [0.15, 0.2) is 18.2 Å². The van der Waals surface area contributed by atoms with Crippen molar-refractivity contribution in [3.63, 3.8) is 0 Å². The summed E-state index contributed by atoms with van der Waals surface area (Å²) in [4.78, 5) is 44.0. The molecule has 0 radical (unpaired) electrons. The van der Waals surface area contributed by atoms with Crippen molar-refractivity contribution in [2.75, 3.05) is 43.8 Å². The number of benzene rings is 1. The molecule has 0 spiro atoms. The highest BCUT2D eigenvalue weighted by atomic mass is 32.2. The van der Waals surface area contributed by atoms with E-state index < -0.39 is 0 Å². The molecule has 2 heterocycles. The third-order valence-electron chi connectivity index (χ3n) is 4.97. The Hall–Kier alpha value is -2.61. The molecule has 1 N–H and O–H groups in total. The van der Waals surface area contributed by atoms with Crippen molar-refractivity contribution < 1.29 is 19.1 Å². The van der Waals surface area contributed by atoms with E-state index >= 15 is 0 Å². The molecule has 32 heavy (non-hydrogen) atoms. The molecule has 170 valence electrons. The predicted molar refractivity (Wildman–Crippen MR) is 128 cm³/mol. The molecule has 1 aliphatic heterocycles. The van der Waals surface area contributed by atoms with E-state index in [0.29, 0.717) is 43.5 Å². The summed E-state index contributed by atoms with van der Waals surface area (Å²) in [6, 6.07) is 5.33. The highest BCUT2D eigenvalue weighted by Crippen LogP contribution is 2.29. The van der Waals surface area contributed by atoms with Gasteiger partial charge in [0, 0.05) is 51.3 Å². The van der Waals surface area contributed by atoms with Crippen molar-refractivity contribution in [3.05, 3.63) is 18.2 Å². The summed E-state index contributed by atoms with van der Waals surface area (Å²) in [5, 5.41) is 3.49. The second-order valence-corrected chi connectivity index (χ2v) is 9.67. The first kappa shape index (κ1) is 24.0. The van der Waals surface area contributed by atoms with Crippen molar-refractivity contribution in [3.8, 4) is 18.3 Å². The molecule has 1 saturated heterocycles. The fraction of sp³-hybridized carbons (Fsp3) is 0.455. The number of nitrogens with one attached hydrogen (secondary N) is 1. The zero-order chi connectivity index (χ0) is 22.9. The third kappa shape index (κ3) is 7.22. The lowest BCUT2D eigenvalue weighted by Gasteiger charge is -2.34. The van der Waals surface area contributed by atoms with Crippen LogP contribution in [0.1, 0.15) is 26.2 Å². The molecule has 2 amide bonds. The summed E-state index contributed by atoms with van der Waals surface area (Å²) >= 11 is 2.66. The molecule has 0 aliphatic carbocycles. The molecule has 2 aromatic rings. The lowest BCUT2D eigenvalue weighted by atomic mass is 10.2. The van der Waals surface area contributed by atoms with Gasteiger partial charge in [0.2, 0.25) is 11.8 Å². The zero-order valence-corrected chi connectivity index (χ0v) is 19.6. The smallest absolute Gasteiger partial charge is 0.240 e. The predicted octanol–water partition coefficient (Wildman–Crippen LogP) is 2.80. The number of terminal acetylenes is 1. The van der Waals surface area contributed by atoms with Crippen molar-refractivity contribution in [1.29, 1.82) is 0 Å². The van der Waals surface area contributed by atoms with Crippen molar-refractivity contribution in [2.45, 2.75) is 26.2 Å². The summed E-state index contributed by atoms with van der Waals surface area (Å²) in [5.74, 6) is 1.33. The molecule has 0 unspecified atom stereocenters. The van der Waals surface area contributed by atoms with Crippen LogP contribution >= 0.6 is 23.1 Å². The molecule has 0 atom stereocenters. The van der Waals surface area contributed by atoms with Gasteiger partial charge in [-0.1, -0.05) is 29.5 Å². The van der Waals surface area contributed by atoms with Crippen LogP contribution in [-0.2, 0) is 14.4 Å². The Balaban J connectivity index is 1.39. The summed E-state index contributed by atoms with van der Waals surface area (Å²) < 4.78 is 5.92. The van der Waals surface area contributed by atoms with Crippen LogP contribution in [-0.4, -0.2) is 70.2 Å². The van der Waals surface area contributed by atoms with Gasteiger partial charge in [0.05, 0.1) is 16.8 Å². The van der Waals surface area contributed by atoms with Gasteiger partial charge in [0.25, 0.3) is 0 Å². The van der Waals surface area contributed by atoms with Crippen molar-refractivity contribution in [1.82, 2.24) is 14.8 Å². The first-order valence-electron chi connectivity index (χ1n) is 10.4. The Bertz CT molecular complexity index is 1010. The van der Waals surface area contributed by atoms with E-state index in [1.165, 1.54) is 23.1 Å². The van der Waals surface area contributed by atoms with Crippen LogP contribution in [0, 0.1) is 12.5 Å². The number of carbonyl (C=O) groups is 3. The number of rotatable bonds is 9. The summed E-state index contributed by atoms with van der Waals surface area (Å²) in [6.07, 6.45) is 9.44. The number of piperazine rings is 1. The maximum Gasteiger partial charge on any atom is 0.240 e. The molecule has 0 saturated carbocycles. The molecule has 1 aromatic heterocycles. The number of thioether (sulfide) groups is 1. The number of hydrogen-bond donors (Lipinski definition) is 1. The Labute approximate surface area is 195 Å². The average Bonchev–Trinajstić information content (AvgIpc) is 3.15. The van der Waals surface area contributed by atoms with Gasteiger partial charge in [-0.15, -0.1) is 0 Å². The number of amides is 2. The second kappa shape index (κ2) is 11.9. The van der Waals surface area contributed by atoms with Gasteiger partial charge in [-0.25, -0.2) is 4.98 Å². The largest absolute Gasteiger partial charge is 0.408 e. The van der Waals surface area contributed by atoms with E-state index in [1.807, 2.05) is 9.80 Å². The van der Waals surface area contributed by atoms with Crippen LogP contribution in [0.4, 0.5) is 5.13 Å². The van der Waals surface area contributed by atoms with Gasteiger partial charge in [-0.3, -0.25) is 19.3 Å². The van der Waals surface area contributed by atoms with Gasteiger partial charge in [0.15, 0.2) is 10.2 Å². The van der Waals surface area contributed by atoms with Crippen LogP contribution in [0.3, 0.4) is 0 Å². The normalized spacial score (nSPS) is 14.2. The van der Waals surface area contributed by atoms with E-state index in [0.717, 1.165) is 28.8 Å². The molecule has 1 aliphatic rings. The van der Waals surface area contributed by atoms with Crippen LogP contribution in [0.2, 0.25) is 0 Å². The molecule has 8 nitrogen and oxygen atoms in total. The van der Waals surface area contributed by atoms with E-state index in [9.17, 15) is 14.4 Å². The highest BCUT2D eigenvalue weighted by Gasteiger charge is 2.22. The zero-order valence-electron chi connectivity index (χ0n) is 18.0. The van der Waals surface area contributed by atoms with Gasteiger partial charge < -0.3 is 15.0 Å². The van der Waals surface area contributed by atoms with E-state index in [-0.39, 0.29) is 23.5 Å². The SMILES string of the molecule is C#COc1ccc2nc(NC(=O)CN3CCN(C(=O)CCCCSC(C)=O)CC3)sc2c1. The number of hydrogen-bond acceptors (Lipinski definition) is 8. The molecule has 3 rings (SSSR count). The summed E-state index contributed by atoms with van der Waals surface area (Å²) in [5.41, 5.74) is 0.765. The number of anilines is 1. The van der Waals surface area contributed by atoms with Crippen LogP contribution in [0.5, 0.6) is 5.75 Å². The minimum Gasteiger partial charge on any atom is -0.408 e. The number of ether oxygens (including phenoxy) is 1. The monoisotopic (exact) mass is 474 g/mol. The van der Waals surface area contributed by atoms with Gasteiger partial charge in [-0.05, 0) is 25.0 Å². The minimum atomic E-state index is -0.132. The number of thiazole rings is 1. The van der Waals surface area contributed by atoms with Gasteiger partial charge in [0.1, 0.15) is 11.9 Å². The average molecular weight is 475 g/mol. The van der Waals surface area contributed by atoms with Crippen molar-refractivity contribution >= 4 is 55.4 Å². The van der Waals surface area contributed by atoms with E-state index in [4.69, 9.17) is 11.2 Å². The summed E-state index contributed by atoms with van der Waals surface area (Å²) in [7, 11) is 0. The molecular formula is C22H26N4O4S2. The maximum absolute atomic E-state index is 12.4. The maximum atomic E-state index is 12.4. The third-order valence-corrected chi connectivity index (χ3v) is 6.80. The number of nitrogens with zero attached hydrogens (tertiary/aromatic N) is 3. The second-order valence-electron chi connectivity index (χ2n) is 7.37. The van der Waals surface area contributed by atoms with Crippen LogP contribution in [0.25, 0.3) is 10.2 Å². The highest BCUT2D eigenvalue weighted by molar-refractivity contribution is 8.13. The van der Waals surface area contributed by atoms with E-state index in [2.05, 4.69) is 16.4 Å². The molecule has 0 bridgehead atoms. The van der Waals surface area contributed by atoms with Gasteiger partial charge >= 0.3 is 0 Å². The fourth-order valence-electron chi connectivity index (χ4n) is 3.36. The van der Waals surface area contributed by atoms with Gasteiger partial charge in [-0.2, -0.15) is 0 Å². The lowest BCUT2D eigenvalue weighted by Crippen LogP contribution is -2.50. The standard InChI is InChI=1S/C22H26N4O4S2/c1-3-30-17-7-8-18-19(14-17)32-22(23-18)24-20(28)15-25-9-11-26(12-10-25)21(29)6-4-5-13-31-16(2)27/h1,7-8,14H,4-6,9-13,15H2,2H3,(H,23,24,28). The molecular weight excluding hydrogens is 448 g/mol.